The molecule has 6 aliphatic rings. The number of carbonyl (C=O) groups excluding carboxylic acids is 4. The van der Waals surface area contributed by atoms with Crippen LogP contribution in [-0.2, 0) is 28.5 Å². The highest BCUT2D eigenvalue weighted by Crippen LogP contribution is 2.59. The number of nitrogens with one attached hydrogen (secondary N) is 2. The maximum Gasteiger partial charge on any atom is 0.407 e. The first-order chi connectivity index (χ1) is 36.0. The van der Waals surface area contributed by atoms with Crippen LogP contribution in [0.25, 0.3) is 34.4 Å². The molecule has 2 amide bonds. The minimum absolute atomic E-state index is 0.0218. The Labute approximate surface area is 438 Å². The van der Waals surface area contributed by atoms with Crippen molar-refractivity contribution in [3.63, 3.8) is 0 Å². The summed E-state index contributed by atoms with van der Waals surface area (Å²) in [6.45, 7) is 12.5. The van der Waals surface area contributed by atoms with E-state index in [4.69, 9.17) is 18.9 Å². The van der Waals surface area contributed by atoms with Gasteiger partial charge < -0.3 is 34.7 Å². The molecule has 2 aliphatic heterocycles. The van der Waals surface area contributed by atoms with Gasteiger partial charge in [-0.2, -0.15) is 0 Å². The number of cyclic esters (lactones) is 2. The van der Waals surface area contributed by atoms with Gasteiger partial charge in [0, 0.05) is 53.0 Å². The van der Waals surface area contributed by atoms with Crippen LogP contribution >= 0.6 is 0 Å². The summed E-state index contributed by atoms with van der Waals surface area (Å²) in [5.74, 6) is -0.659. The predicted molar refractivity (Wildman–Crippen MR) is 279 cm³/mol. The average molecular weight is 1030 g/mol. The van der Waals surface area contributed by atoms with E-state index < -0.39 is 23.8 Å². The number of benzene rings is 2. The molecule has 0 bridgehead atoms. The molecule has 4 heterocycles. The maximum atomic E-state index is 14.2. The number of aliphatic hydroxyl groups is 1. The number of carbonyl (C=O) groups is 4. The zero-order chi connectivity index (χ0) is 53.2. The summed E-state index contributed by atoms with van der Waals surface area (Å²) >= 11 is 0. The van der Waals surface area contributed by atoms with E-state index in [0.29, 0.717) is 37.5 Å². The van der Waals surface area contributed by atoms with E-state index >= 15 is 0 Å². The van der Waals surface area contributed by atoms with Crippen LogP contribution in [0.3, 0.4) is 0 Å². The molecular weight excluding hydrogens is 959 g/mol. The number of pyridine rings is 2. The number of aromatic nitrogens is 2. The quantitative estimate of drug-likeness (QED) is 0.102. The molecule has 13 nitrogen and oxygen atoms in total. The number of alkyl carbamates (subject to hydrolysis) is 2. The number of fused-ring (bicyclic) bond motifs is 4. The number of allylic oxidation sites excluding steroid dienone is 2. The first-order valence-electron chi connectivity index (χ1n) is 26.8. The van der Waals surface area contributed by atoms with E-state index in [1.54, 1.807) is 44.4 Å². The van der Waals surface area contributed by atoms with Crippen molar-refractivity contribution in [3.8, 4) is 22.3 Å². The topological polar surface area (TPSA) is 175 Å². The lowest BCUT2D eigenvalue weighted by Gasteiger charge is -2.55. The van der Waals surface area contributed by atoms with Gasteiger partial charge in [0.2, 0.25) is 0 Å². The van der Waals surface area contributed by atoms with Crippen molar-refractivity contribution in [1.82, 2.24) is 20.6 Å². The number of amides is 2. The molecule has 2 aromatic carbocycles. The molecule has 4 aliphatic carbocycles. The van der Waals surface area contributed by atoms with E-state index in [9.17, 15) is 33.1 Å². The molecule has 3 N–H and O–H groups in total. The molecule has 4 saturated carbocycles. The molecule has 0 radical (unpaired) electrons. The zero-order valence-electron chi connectivity index (χ0n) is 43.6. The Morgan fingerprint density at radius 1 is 0.760 bits per heavy atom. The lowest BCUT2D eigenvalue weighted by atomic mass is 9.50. The van der Waals surface area contributed by atoms with Crippen molar-refractivity contribution in [2.24, 2.45) is 58.7 Å². The summed E-state index contributed by atoms with van der Waals surface area (Å²) in [5.41, 5.74) is 2.61. The minimum atomic E-state index is -1.55. The molecule has 4 aromatic rings. The third-order valence-electron chi connectivity index (χ3n) is 17.5. The summed E-state index contributed by atoms with van der Waals surface area (Å²) < 4.78 is 49.3. The van der Waals surface area contributed by atoms with Gasteiger partial charge in [-0.25, -0.2) is 23.2 Å². The number of rotatable bonds is 10. The highest BCUT2D eigenvalue weighted by Gasteiger charge is 2.64. The van der Waals surface area contributed by atoms with Crippen LogP contribution in [0.5, 0.6) is 0 Å². The first-order valence-corrected chi connectivity index (χ1v) is 26.8. The van der Waals surface area contributed by atoms with Gasteiger partial charge in [0.1, 0.15) is 23.8 Å². The number of hydrogen-bond acceptors (Lipinski definition) is 11. The molecule has 1 unspecified atom stereocenters. The largest absolute Gasteiger partial charge is 0.462 e. The van der Waals surface area contributed by atoms with E-state index in [2.05, 4.69) is 46.6 Å². The second kappa shape index (κ2) is 22.4. The Bertz CT molecular complexity index is 2770. The van der Waals surface area contributed by atoms with Gasteiger partial charge >= 0.3 is 24.1 Å². The third kappa shape index (κ3) is 11.1. The summed E-state index contributed by atoms with van der Waals surface area (Å²) in [6, 6.07) is 20.6. The van der Waals surface area contributed by atoms with Crippen molar-refractivity contribution < 1.29 is 52.0 Å². The van der Waals surface area contributed by atoms with Crippen LogP contribution in [-0.4, -0.2) is 82.3 Å². The second-order valence-electron chi connectivity index (χ2n) is 22.0. The Morgan fingerprint density at radius 3 is 2.09 bits per heavy atom. The molecule has 10 rings (SSSR count). The van der Waals surface area contributed by atoms with Gasteiger partial charge in [-0.3, -0.25) is 14.8 Å². The Kier molecular flexibility index (Phi) is 15.9. The lowest BCUT2D eigenvalue weighted by molar-refractivity contribution is -0.162. The highest BCUT2D eigenvalue weighted by molar-refractivity contribution is 5.83. The van der Waals surface area contributed by atoms with Crippen LogP contribution in [0.1, 0.15) is 97.9 Å². The molecular formula is C60H70F2N4O9. The summed E-state index contributed by atoms with van der Waals surface area (Å²) in [6.07, 6.45) is 15.5. The van der Waals surface area contributed by atoms with Crippen LogP contribution < -0.4 is 10.6 Å². The van der Waals surface area contributed by atoms with Crippen molar-refractivity contribution in [1.29, 1.82) is 0 Å². The summed E-state index contributed by atoms with van der Waals surface area (Å²) in [4.78, 5) is 59.0. The molecule has 75 heavy (non-hydrogen) atoms. The smallest absolute Gasteiger partial charge is 0.407 e. The van der Waals surface area contributed by atoms with Gasteiger partial charge in [0.05, 0.1) is 30.5 Å². The van der Waals surface area contributed by atoms with Crippen molar-refractivity contribution in [2.45, 2.75) is 116 Å². The Morgan fingerprint density at radius 2 is 1.43 bits per heavy atom. The SMILES string of the molecule is CCOC(=O)NC1CC[C@H]2[C@H](/C=C/c3ccc(-c4ccccc4F)cn3)[C@@H]3[C@@H](C)OC(=O)[C@@H]3C[C@@H]2C1(C)C.CCOC(=O)N[C@@H]1CC[C@@H]2[C@@H](C1)C[C@@]1(O)C(=O)O[C@H](C)[C@H]1[C@@H]2/C=C/c1ccc(-c2cccc(F)c2)cn1. The van der Waals surface area contributed by atoms with Crippen LogP contribution in [0.2, 0.25) is 0 Å². The first kappa shape index (κ1) is 53.3. The normalized spacial score (nSPS) is 32.4. The number of halogens is 2. The predicted octanol–water partition coefficient (Wildman–Crippen LogP) is 11.0. The number of esters is 2. The third-order valence-corrected chi connectivity index (χ3v) is 17.5. The lowest BCUT2D eigenvalue weighted by Crippen LogP contribution is -2.57. The molecule has 15 heteroatoms. The van der Waals surface area contributed by atoms with E-state index in [0.717, 1.165) is 60.2 Å². The zero-order valence-corrected chi connectivity index (χ0v) is 43.6. The molecule has 0 spiro atoms. The van der Waals surface area contributed by atoms with E-state index in [1.165, 1.54) is 18.2 Å². The summed E-state index contributed by atoms with van der Waals surface area (Å²) in [7, 11) is 0. The molecule has 2 saturated heterocycles. The minimum Gasteiger partial charge on any atom is -0.462 e. The molecule has 14 atom stereocenters. The fraction of sp³-hybridized carbons (Fsp3) is 0.500. The Hall–Kier alpha value is -6.48. The van der Waals surface area contributed by atoms with Gasteiger partial charge in [0.25, 0.3) is 0 Å². The number of hydrogen-bond donors (Lipinski definition) is 3. The van der Waals surface area contributed by atoms with Crippen LogP contribution in [0.15, 0.2) is 97.3 Å². The van der Waals surface area contributed by atoms with Gasteiger partial charge in [-0.15, -0.1) is 0 Å². The molecule has 2 aromatic heterocycles. The fourth-order valence-electron chi connectivity index (χ4n) is 14.0. The standard InChI is InChI=1S/C31H37FN2O4.C29H33FN2O5/c1-5-37-30(36)34-27-15-14-22-23(28-18(2)38-29(35)24(28)16-25(22)31(27,3)4)13-12-20-11-10-19(17-33-20)21-8-6-7-9-26(21)32;1-3-36-28(34)32-23-10-11-24-20(14-23)15-29(35)26(17(2)37-27(29)33)25(24)12-9-22-8-7-19(16-31-22)18-5-4-6-21(30)13-18/h6-13,17-18,22-25,27-28H,5,14-16H2,1-4H3,(H,34,36);4-9,12-13,16-17,20,23-26,35H,3,10-11,14-15H2,1-2H3,(H,32,34)/b13-12+;12-9+/t18-,22+,23+,24-,25+,27?,28+;17-,20+,23-,24-,25-,26+,29+/m11/s1. The number of ether oxygens (including phenoxy) is 4. The highest BCUT2D eigenvalue weighted by atomic mass is 19.1. The van der Waals surface area contributed by atoms with Crippen LogP contribution in [0, 0.1) is 70.3 Å². The molecule has 398 valence electrons. The second-order valence-corrected chi connectivity index (χ2v) is 22.0. The van der Waals surface area contributed by atoms with Crippen molar-refractivity contribution in [2.75, 3.05) is 13.2 Å². The average Bonchev–Trinajstić information content (AvgIpc) is 3.82. The fourth-order valence-corrected chi connectivity index (χ4v) is 14.0. The van der Waals surface area contributed by atoms with Crippen molar-refractivity contribution in [3.05, 3.63) is 120 Å². The van der Waals surface area contributed by atoms with Gasteiger partial charge in [0.15, 0.2) is 5.60 Å². The van der Waals surface area contributed by atoms with Crippen molar-refractivity contribution >= 4 is 36.3 Å². The van der Waals surface area contributed by atoms with Gasteiger partial charge in [-0.1, -0.05) is 68.5 Å². The van der Waals surface area contributed by atoms with Gasteiger partial charge in [-0.05, 0) is 162 Å². The molecule has 6 fully saturated rings. The maximum absolute atomic E-state index is 14.2. The van der Waals surface area contributed by atoms with E-state index in [1.807, 2.05) is 62.4 Å². The monoisotopic (exact) mass is 1030 g/mol. The number of nitrogens with zero attached hydrogens (tertiary/aromatic N) is 2. The summed E-state index contributed by atoms with van der Waals surface area (Å²) in [5, 5.41) is 17.5. The Balaban J connectivity index is 0.000000184. The van der Waals surface area contributed by atoms with Crippen LogP contribution in [0.4, 0.5) is 18.4 Å². The van der Waals surface area contributed by atoms with E-state index in [-0.39, 0.29) is 94.6 Å².